The van der Waals surface area contributed by atoms with Crippen LogP contribution in [0.2, 0.25) is 0 Å². The molecular formula is C26H18N4O2. The van der Waals surface area contributed by atoms with Crippen molar-refractivity contribution in [3.8, 4) is 12.1 Å². The number of carbonyl (C=O) groups is 2. The van der Waals surface area contributed by atoms with E-state index in [1.807, 2.05) is 24.3 Å². The zero-order chi connectivity index (χ0) is 22.8. The minimum atomic E-state index is -0.528. The number of hydrogen-bond acceptors (Lipinski definition) is 4. The molecule has 0 spiro atoms. The second kappa shape index (κ2) is 10.7. The van der Waals surface area contributed by atoms with Crippen molar-refractivity contribution in [1.29, 1.82) is 10.5 Å². The third kappa shape index (κ3) is 6.03. The quantitative estimate of drug-likeness (QED) is 0.444. The largest absolute Gasteiger partial charge is 0.321 e. The van der Waals surface area contributed by atoms with Crippen molar-refractivity contribution in [2.75, 3.05) is 10.6 Å². The van der Waals surface area contributed by atoms with Crippen molar-refractivity contribution in [3.63, 3.8) is 0 Å². The minimum Gasteiger partial charge on any atom is -0.321 e. The summed E-state index contributed by atoms with van der Waals surface area (Å²) in [6, 6.07) is 28.3. The number of nitriles is 2. The van der Waals surface area contributed by atoms with Gasteiger partial charge in [-0.15, -0.1) is 0 Å². The lowest BCUT2D eigenvalue weighted by molar-refractivity contribution is -0.113. The summed E-state index contributed by atoms with van der Waals surface area (Å²) in [5.41, 5.74) is 2.19. The maximum atomic E-state index is 12.4. The van der Waals surface area contributed by atoms with Crippen molar-refractivity contribution in [3.05, 3.63) is 107 Å². The molecular weight excluding hydrogens is 400 g/mol. The SMILES string of the molecule is N#C/C(=C/c1cccc(/C=C(\C#N)C(=O)Nc2ccccc2)c1)C(=O)Nc1ccccc1. The predicted octanol–water partition coefficient (Wildman–Crippen LogP) is 4.78. The summed E-state index contributed by atoms with van der Waals surface area (Å²) in [6.07, 6.45) is 2.90. The van der Waals surface area contributed by atoms with E-state index in [4.69, 9.17) is 0 Å². The normalized spacial score (nSPS) is 11.1. The van der Waals surface area contributed by atoms with Gasteiger partial charge in [-0.1, -0.05) is 54.6 Å². The summed E-state index contributed by atoms with van der Waals surface area (Å²) in [5, 5.41) is 24.2. The van der Waals surface area contributed by atoms with E-state index in [2.05, 4.69) is 10.6 Å². The van der Waals surface area contributed by atoms with Gasteiger partial charge in [0.05, 0.1) is 0 Å². The molecule has 0 heterocycles. The summed E-state index contributed by atoms with van der Waals surface area (Å²) in [7, 11) is 0. The first-order chi connectivity index (χ1) is 15.6. The standard InChI is InChI=1S/C26H18N4O2/c27-17-21(25(31)29-23-10-3-1-4-11-23)15-19-8-7-9-20(14-19)16-22(18-28)26(32)30-24-12-5-2-6-13-24/h1-16H,(H,29,31)(H,30,32)/b21-15-,22-16+. The van der Waals surface area contributed by atoms with E-state index in [-0.39, 0.29) is 11.1 Å². The van der Waals surface area contributed by atoms with Crippen LogP contribution in [0.25, 0.3) is 12.2 Å². The Kier molecular flexibility index (Phi) is 7.29. The van der Waals surface area contributed by atoms with Gasteiger partial charge in [0.15, 0.2) is 0 Å². The molecule has 0 aliphatic rings. The highest BCUT2D eigenvalue weighted by Crippen LogP contribution is 2.16. The molecule has 2 amide bonds. The third-order valence-electron chi connectivity index (χ3n) is 4.33. The molecule has 32 heavy (non-hydrogen) atoms. The lowest BCUT2D eigenvalue weighted by atomic mass is 10.1. The molecule has 0 aliphatic heterocycles. The molecule has 6 nitrogen and oxygen atoms in total. The van der Waals surface area contributed by atoms with Crippen LogP contribution in [0.5, 0.6) is 0 Å². The Morgan fingerprint density at radius 3 is 1.41 bits per heavy atom. The van der Waals surface area contributed by atoms with E-state index in [0.717, 1.165) is 0 Å². The zero-order valence-electron chi connectivity index (χ0n) is 16.9. The van der Waals surface area contributed by atoms with Crippen LogP contribution in [0.15, 0.2) is 96.1 Å². The molecule has 0 bridgehead atoms. The average molecular weight is 418 g/mol. The number of amides is 2. The van der Waals surface area contributed by atoms with Crippen LogP contribution < -0.4 is 10.6 Å². The first-order valence-corrected chi connectivity index (χ1v) is 9.65. The van der Waals surface area contributed by atoms with Gasteiger partial charge in [-0.2, -0.15) is 10.5 Å². The summed E-state index contributed by atoms with van der Waals surface area (Å²) >= 11 is 0. The number of para-hydroxylation sites is 2. The summed E-state index contributed by atoms with van der Waals surface area (Å²) in [6.45, 7) is 0. The van der Waals surface area contributed by atoms with Crippen molar-refractivity contribution >= 4 is 35.3 Å². The molecule has 0 atom stereocenters. The zero-order valence-corrected chi connectivity index (χ0v) is 16.9. The Hall–Kier alpha value is -4.94. The first kappa shape index (κ1) is 21.8. The highest BCUT2D eigenvalue weighted by atomic mass is 16.2. The Balaban J connectivity index is 1.80. The molecule has 0 aliphatic carbocycles. The van der Waals surface area contributed by atoms with Crippen LogP contribution in [0.1, 0.15) is 11.1 Å². The third-order valence-corrected chi connectivity index (χ3v) is 4.33. The van der Waals surface area contributed by atoms with E-state index in [1.165, 1.54) is 12.2 Å². The van der Waals surface area contributed by atoms with Gasteiger partial charge < -0.3 is 10.6 Å². The van der Waals surface area contributed by atoms with E-state index in [9.17, 15) is 20.1 Å². The Labute approximate surface area is 185 Å². The molecule has 0 aromatic heterocycles. The smallest absolute Gasteiger partial charge is 0.266 e. The second-order valence-corrected chi connectivity index (χ2v) is 6.65. The van der Waals surface area contributed by atoms with Crippen molar-refractivity contribution in [1.82, 2.24) is 0 Å². The second-order valence-electron chi connectivity index (χ2n) is 6.65. The lowest BCUT2D eigenvalue weighted by Gasteiger charge is -2.05. The molecule has 154 valence electrons. The maximum absolute atomic E-state index is 12.4. The van der Waals surface area contributed by atoms with Gasteiger partial charge in [-0.3, -0.25) is 9.59 Å². The summed E-state index contributed by atoms with van der Waals surface area (Å²) < 4.78 is 0. The van der Waals surface area contributed by atoms with Crippen molar-refractivity contribution in [2.24, 2.45) is 0 Å². The van der Waals surface area contributed by atoms with Crippen LogP contribution >= 0.6 is 0 Å². The Morgan fingerprint density at radius 1 is 0.625 bits per heavy atom. The fourth-order valence-corrected chi connectivity index (χ4v) is 2.81. The Morgan fingerprint density at radius 2 is 1.03 bits per heavy atom. The topological polar surface area (TPSA) is 106 Å². The van der Waals surface area contributed by atoms with Crippen LogP contribution in [-0.4, -0.2) is 11.8 Å². The van der Waals surface area contributed by atoms with Crippen molar-refractivity contribution < 1.29 is 9.59 Å². The molecule has 3 aromatic rings. The fraction of sp³-hybridized carbons (Fsp3) is 0. The maximum Gasteiger partial charge on any atom is 0.266 e. The molecule has 0 saturated heterocycles. The van der Waals surface area contributed by atoms with Crippen LogP contribution in [-0.2, 0) is 9.59 Å². The molecule has 3 rings (SSSR count). The number of nitrogens with one attached hydrogen (secondary N) is 2. The van der Waals surface area contributed by atoms with Crippen LogP contribution in [0, 0.1) is 22.7 Å². The molecule has 6 heteroatoms. The molecule has 0 fully saturated rings. The molecule has 0 unspecified atom stereocenters. The van der Waals surface area contributed by atoms with Gasteiger partial charge in [0.25, 0.3) is 11.8 Å². The van der Waals surface area contributed by atoms with Gasteiger partial charge >= 0.3 is 0 Å². The van der Waals surface area contributed by atoms with Gasteiger partial charge in [-0.05, 0) is 53.6 Å². The molecule has 2 N–H and O–H groups in total. The number of hydrogen-bond donors (Lipinski definition) is 2. The predicted molar refractivity (Wildman–Crippen MR) is 124 cm³/mol. The Bertz CT molecular complexity index is 1170. The molecule has 0 radical (unpaired) electrons. The average Bonchev–Trinajstić information content (AvgIpc) is 2.82. The van der Waals surface area contributed by atoms with Crippen molar-refractivity contribution in [2.45, 2.75) is 0 Å². The first-order valence-electron chi connectivity index (χ1n) is 9.65. The fourth-order valence-electron chi connectivity index (χ4n) is 2.81. The highest BCUT2D eigenvalue weighted by Gasteiger charge is 2.11. The van der Waals surface area contributed by atoms with Crippen LogP contribution in [0.4, 0.5) is 11.4 Å². The van der Waals surface area contributed by atoms with Crippen LogP contribution in [0.3, 0.4) is 0 Å². The number of rotatable bonds is 6. The molecule has 0 saturated carbocycles. The summed E-state index contributed by atoms with van der Waals surface area (Å²) in [5.74, 6) is -1.06. The number of nitrogens with zero attached hydrogens (tertiary/aromatic N) is 2. The van der Waals surface area contributed by atoms with E-state index >= 15 is 0 Å². The molecule has 3 aromatic carbocycles. The number of anilines is 2. The van der Waals surface area contributed by atoms with Gasteiger partial charge in [0, 0.05) is 11.4 Å². The van der Waals surface area contributed by atoms with Gasteiger partial charge in [-0.25, -0.2) is 0 Å². The van der Waals surface area contributed by atoms with E-state index in [1.54, 1.807) is 72.8 Å². The lowest BCUT2D eigenvalue weighted by Crippen LogP contribution is -2.13. The minimum absolute atomic E-state index is 0.0719. The van der Waals surface area contributed by atoms with E-state index < -0.39 is 11.8 Å². The van der Waals surface area contributed by atoms with E-state index in [0.29, 0.717) is 22.5 Å². The van der Waals surface area contributed by atoms with Gasteiger partial charge in [0.2, 0.25) is 0 Å². The monoisotopic (exact) mass is 418 g/mol. The number of carbonyl (C=O) groups excluding carboxylic acids is 2. The summed E-state index contributed by atoms with van der Waals surface area (Å²) in [4.78, 5) is 24.8. The highest BCUT2D eigenvalue weighted by molar-refractivity contribution is 6.10. The number of benzene rings is 3. The van der Waals surface area contributed by atoms with Gasteiger partial charge in [0.1, 0.15) is 23.3 Å².